The number of alkyl halides is 2. The molecule has 3 fully saturated rings. The molecule has 7 aromatic rings. The van der Waals surface area contributed by atoms with E-state index in [-0.39, 0.29) is 41.3 Å². The molecule has 4 aromatic heterocycles. The van der Waals surface area contributed by atoms with Crippen molar-refractivity contribution in [2.24, 2.45) is 10.8 Å². The highest BCUT2D eigenvalue weighted by Gasteiger charge is 2.58. The molecule has 3 aromatic carbocycles. The van der Waals surface area contributed by atoms with Crippen molar-refractivity contribution in [1.29, 1.82) is 0 Å². The summed E-state index contributed by atoms with van der Waals surface area (Å²) in [6.45, 7) is 26.2. The molecule has 2 unspecified atom stereocenters. The molecule has 0 amide bonds. The van der Waals surface area contributed by atoms with Crippen LogP contribution in [0.1, 0.15) is 112 Å². The van der Waals surface area contributed by atoms with Gasteiger partial charge in [-0.2, -0.15) is 8.78 Å². The predicted molar refractivity (Wildman–Crippen MR) is 319 cm³/mol. The van der Waals surface area contributed by atoms with Crippen molar-refractivity contribution in [2.45, 2.75) is 118 Å². The van der Waals surface area contributed by atoms with Crippen LogP contribution in [0.5, 0.6) is 0 Å². The van der Waals surface area contributed by atoms with Crippen LogP contribution in [0, 0.1) is 22.5 Å². The fraction of sp³-hybridized carbons (Fsp3) is 0.452. The van der Waals surface area contributed by atoms with Crippen LogP contribution in [0.3, 0.4) is 0 Å². The number of pyridine rings is 3. The number of piperazine rings is 2. The molecule has 0 aliphatic carbocycles. The molecule has 3 aliphatic rings. The Hall–Kier alpha value is -7.11. The maximum atomic E-state index is 16.1. The van der Waals surface area contributed by atoms with Crippen molar-refractivity contribution in [3.63, 3.8) is 0 Å². The van der Waals surface area contributed by atoms with Crippen molar-refractivity contribution in [1.82, 2.24) is 35.2 Å². The molecule has 0 saturated carbocycles. The Morgan fingerprint density at radius 2 is 1.02 bits per heavy atom. The number of aromatic nitrogens is 7. The van der Waals surface area contributed by atoms with Gasteiger partial charge in [-0.05, 0) is 127 Å². The third-order valence-corrected chi connectivity index (χ3v) is 16.1. The molecule has 84 heavy (non-hydrogen) atoms. The average molecular weight is 1160 g/mol. The molecule has 22 heteroatoms. The van der Waals surface area contributed by atoms with Crippen LogP contribution in [0.4, 0.5) is 45.0 Å². The number of hydrogen-bond donors (Lipinski definition) is 3. The topological polar surface area (TPSA) is 174 Å². The first-order chi connectivity index (χ1) is 38.6. The first kappa shape index (κ1) is 64.5. The quantitative estimate of drug-likeness (QED) is 0.0735. The Labute approximate surface area is 490 Å². The zero-order chi connectivity index (χ0) is 59.0. The molecule has 16 nitrogen and oxygen atoms in total. The summed E-state index contributed by atoms with van der Waals surface area (Å²) in [7, 11) is -0.326. The van der Waals surface area contributed by atoms with Crippen LogP contribution in [0.25, 0.3) is 11.1 Å². The van der Waals surface area contributed by atoms with E-state index < -0.39 is 53.2 Å². The lowest BCUT2D eigenvalue weighted by Gasteiger charge is -2.37. The van der Waals surface area contributed by atoms with Gasteiger partial charge in [0.2, 0.25) is 0 Å². The summed E-state index contributed by atoms with van der Waals surface area (Å²) in [5.41, 5.74) is 2.01. The summed E-state index contributed by atoms with van der Waals surface area (Å²) in [6.07, 6.45) is 4.74. The Morgan fingerprint density at radius 1 is 0.583 bits per heavy atom. The Morgan fingerprint density at radius 3 is 1.42 bits per heavy atom. The smallest absolute Gasteiger partial charge is 0.399 e. The van der Waals surface area contributed by atoms with Gasteiger partial charge in [-0.15, -0.1) is 5.10 Å². The van der Waals surface area contributed by atoms with E-state index >= 15 is 8.78 Å². The van der Waals surface area contributed by atoms with Crippen molar-refractivity contribution < 1.29 is 46.9 Å². The summed E-state index contributed by atoms with van der Waals surface area (Å²) >= 11 is 0. The second kappa shape index (κ2) is 25.2. The van der Waals surface area contributed by atoms with Gasteiger partial charge in [0.05, 0.1) is 52.9 Å². The zero-order valence-electron chi connectivity index (χ0n) is 48.7. The largest absolute Gasteiger partial charge is 0.494 e. The van der Waals surface area contributed by atoms with Crippen LogP contribution in [-0.4, -0.2) is 121 Å². The molecule has 3 saturated heterocycles. The van der Waals surface area contributed by atoms with Crippen molar-refractivity contribution in [3.05, 3.63) is 162 Å². The number of anilines is 4. The van der Waals surface area contributed by atoms with E-state index in [1.807, 2.05) is 90.2 Å². The zero-order valence-corrected chi connectivity index (χ0v) is 48.7. The molecule has 10 rings (SSSR count). The number of hydrogen-bond acceptors (Lipinski definition) is 15. The van der Waals surface area contributed by atoms with Gasteiger partial charge < -0.3 is 44.2 Å². The summed E-state index contributed by atoms with van der Waals surface area (Å²) in [5, 5.41) is 42.7. The first-order valence-corrected chi connectivity index (χ1v) is 27.7. The summed E-state index contributed by atoms with van der Waals surface area (Å²) in [6, 6.07) is 28.6. The second-order valence-electron chi connectivity index (χ2n) is 24.6. The number of nitrogens with zero attached hydrogens (tertiary/aromatic N) is 11. The van der Waals surface area contributed by atoms with E-state index in [1.165, 1.54) is 18.0 Å². The molecule has 450 valence electrons. The summed E-state index contributed by atoms with van der Waals surface area (Å²) in [5.74, 6) is -6.48. The van der Waals surface area contributed by atoms with Crippen molar-refractivity contribution >= 4 is 35.3 Å². The lowest BCUT2D eigenvalue weighted by Crippen LogP contribution is -2.48. The lowest BCUT2D eigenvalue weighted by molar-refractivity contribution is -0.207. The first-order valence-electron chi connectivity index (χ1n) is 27.7. The second-order valence-corrected chi connectivity index (χ2v) is 24.6. The molecular weight excluding hydrogens is 1080 g/mol. The fourth-order valence-electron chi connectivity index (χ4n) is 10.1. The maximum Gasteiger partial charge on any atom is 0.494 e. The normalized spacial score (nSPS) is 17.8. The highest BCUT2D eigenvalue weighted by atomic mass is 19.3. The number of rotatable bonds is 13. The minimum atomic E-state index is -4.14. The van der Waals surface area contributed by atoms with Crippen LogP contribution < -0.4 is 25.1 Å². The number of benzene rings is 3. The Kier molecular flexibility index (Phi) is 19.4. The van der Waals surface area contributed by atoms with E-state index in [0.29, 0.717) is 17.3 Å². The highest BCUT2D eigenvalue weighted by molar-refractivity contribution is 6.62. The summed E-state index contributed by atoms with van der Waals surface area (Å²) < 4.78 is 73.8. The van der Waals surface area contributed by atoms with E-state index in [4.69, 9.17) is 9.31 Å². The third kappa shape index (κ3) is 13.8. The molecule has 0 bridgehead atoms. The minimum absolute atomic E-state index is 0. The van der Waals surface area contributed by atoms with Gasteiger partial charge in [0, 0.05) is 87.1 Å². The van der Waals surface area contributed by atoms with Gasteiger partial charge in [0.25, 0.3) is 0 Å². The standard InChI is InChI=1S/C35H36F4N8O2.C26H38BN3O3.CH4.FH/c1-33(2,3)32(48)30-12-10-27(20-40-30)46-16-14-45(15-17-46)26-8-4-23(5-9-26)24-6-13-31(41-19-24)35(38,39)34(49,21-47-22-42-43-44-47)28-11-7-25(36)18-29(28)37;1-24(2,3)23(31)22-13-12-21(18-28-22)30-16-14-29(15-17-30)20-10-8-19(9-11-20)27-32-25(4,5)26(6,7)33-27;;/h4-13,18-20,22,32,48-49H,14-17,21H2,1-3H3;8-13,18,23,31H,14-17H2,1-7H3;1H4;1H/t32?,34-;;;/m0.../s1. The number of tetrazole rings is 1. The molecule has 3 aliphatic heterocycles. The van der Waals surface area contributed by atoms with Crippen molar-refractivity contribution in [2.75, 3.05) is 72.0 Å². The van der Waals surface area contributed by atoms with Gasteiger partial charge >= 0.3 is 13.0 Å². The van der Waals surface area contributed by atoms with Gasteiger partial charge in [0.1, 0.15) is 35.9 Å². The Bertz CT molecular complexity index is 3210. The summed E-state index contributed by atoms with van der Waals surface area (Å²) in [4.78, 5) is 22.3. The Balaban J connectivity index is 0.000000253. The van der Waals surface area contributed by atoms with Gasteiger partial charge in [-0.1, -0.05) is 79.3 Å². The third-order valence-electron chi connectivity index (χ3n) is 16.1. The van der Waals surface area contributed by atoms with Crippen LogP contribution in [0.2, 0.25) is 0 Å². The van der Waals surface area contributed by atoms with Crippen molar-refractivity contribution in [3.8, 4) is 11.1 Å². The van der Waals surface area contributed by atoms with E-state index in [1.54, 1.807) is 6.20 Å². The average Bonchev–Trinajstić information content (AvgIpc) is 1.14. The lowest BCUT2D eigenvalue weighted by atomic mass is 9.79. The minimum Gasteiger partial charge on any atom is -0.399 e. The van der Waals surface area contributed by atoms with Crippen LogP contribution in [-0.2, 0) is 27.4 Å². The molecule has 3 N–H and O–H groups in total. The van der Waals surface area contributed by atoms with Gasteiger partial charge in [-0.25, -0.2) is 13.5 Å². The van der Waals surface area contributed by atoms with E-state index in [9.17, 15) is 24.1 Å². The molecular formula is C62H79BF5N11O5. The van der Waals surface area contributed by atoms with E-state index in [2.05, 4.69) is 108 Å². The number of halogens is 5. The molecule has 0 spiro atoms. The maximum absolute atomic E-state index is 16.1. The number of aliphatic hydroxyl groups is 3. The van der Waals surface area contributed by atoms with Crippen LogP contribution in [0.15, 0.2) is 128 Å². The van der Waals surface area contributed by atoms with E-state index in [0.717, 1.165) is 115 Å². The SMILES string of the molecule is C.CC(C)(C)C(O)c1ccc(N2CCN(c3ccc(-c4ccc(C(F)(F)[C@](O)(Cn5cnnn5)c5ccc(F)cc5F)nc4)cc3)CC2)cn1.CC(C)(C)C(O)c1ccc(N2CCN(c3ccc(B4OC(C)(C)C(C)(C)O4)cc3)CC2)cn1.F. The highest BCUT2D eigenvalue weighted by Crippen LogP contribution is 2.47. The molecule has 3 atom stereocenters. The van der Waals surface area contributed by atoms with Gasteiger partial charge in [-0.3, -0.25) is 19.7 Å². The molecule has 0 radical (unpaired) electrons. The van der Waals surface area contributed by atoms with Gasteiger partial charge in [0.15, 0.2) is 5.60 Å². The number of aliphatic hydroxyl groups excluding tert-OH is 2. The monoisotopic (exact) mass is 1160 g/mol. The molecule has 7 heterocycles. The predicted octanol–water partition coefficient (Wildman–Crippen LogP) is 10.1. The fourth-order valence-corrected chi connectivity index (χ4v) is 10.1. The van der Waals surface area contributed by atoms with Crippen LogP contribution >= 0.6 is 0 Å².